The molecular formula is C16H30N2O9. The van der Waals surface area contributed by atoms with Gasteiger partial charge in [-0.1, -0.05) is 0 Å². The summed E-state index contributed by atoms with van der Waals surface area (Å²) in [4.78, 5) is 7.58. The van der Waals surface area contributed by atoms with Crippen molar-refractivity contribution < 1.29 is 44.1 Å². The summed E-state index contributed by atoms with van der Waals surface area (Å²) < 4.78 is 26.6. The van der Waals surface area contributed by atoms with Crippen LogP contribution in [0.25, 0.3) is 0 Å². The molecule has 8 atom stereocenters. The Morgan fingerprint density at radius 2 is 1.70 bits per heavy atom. The largest absolute Gasteiger partial charge is 0.387 e. The van der Waals surface area contributed by atoms with Crippen molar-refractivity contribution in [1.29, 1.82) is 0 Å². The van der Waals surface area contributed by atoms with E-state index in [2.05, 4.69) is 9.98 Å². The van der Waals surface area contributed by atoms with Crippen LogP contribution in [-0.4, -0.2) is 124 Å². The number of hydrogen-bond acceptors (Lipinski definition) is 11. The molecule has 0 amide bonds. The second-order valence-electron chi connectivity index (χ2n) is 5.89. The summed E-state index contributed by atoms with van der Waals surface area (Å²) in [6.45, 7) is -0.118. The molecule has 4 N–H and O–H groups in total. The molecule has 1 aliphatic heterocycles. The first-order chi connectivity index (χ1) is 12.9. The fraction of sp³-hybridized carbons (Fsp3) is 0.875. The molecule has 158 valence electrons. The van der Waals surface area contributed by atoms with Crippen molar-refractivity contribution in [1.82, 2.24) is 0 Å². The van der Waals surface area contributed by atoms with Crippen LogP contribution in [0, 0.1) is 0 Å². The summed E-state index contributed by atoms with van der Waals surface area (Å²) in [6, 6.07) is 0. The van der Waals surface area contributed by atoms with E-state index in [0.29, 0.717) is 0 Å². The zero-order valence-corrected chi connectivity index (χ0v) is 15.9. The molecule has 0 radical (unpaired) electrons. The SMILES string of the molecule is C/N=C/C(COC1OC(COC)C(O)C(O)C1O)OC(OC)C(O)/C=N/C. The molecule has 0 aliphatic carbocycles. The average molecular weight is 394 g/mol. The van der Waals surface area contributed by atoms with Crippen LogP contribution in [0.2, 0.25) is 0 Å². The molecule has 1 fully saturated rings. The Morgan fingerprint density at radius 1 is 1.04 bits per heavy atom. The molecule has 0 aromatic rings. The van der Waals surface area contributed by atoms with Gasteiger partial charge in [-0.25, -0.2) is 0 Å². The third-order valence-corrected chi connectivity index (χ3v) is 3.86. The predicted octanol–water partition coefficient (Wildman–Crippen LogP) is -2.42. The molecule has 27 heavy (non-hydrogen) atoms. The van der Waals surface area contributed by atoms with Gasteiger partial charge in [0.05, 0.1) is 13.2 Å². The lowest BCUT2D eigenvalue weighted by atomic mass is 9.99. The average Bonchev–Trinajstić information content (AvgIpc) is 2.65. The highest BCUT2D eigenvalue weighted by Gasteiger charge is 2.44. The fourth-order valence-electron chi connectivity index (χ4n) is 2.50. The summed E-state index contributed by atoms with van der Waals surface area (Å²) in [5.41, 5.74) is 0. The topological polar surface area (TPSA) is 152 Å². The number of hydrogen-bond donors (Lipinski definition) is 4. The van der Waals surface area contributed by atoms with Gasteiger partial charge in [-0.05, 0) is 0 Å². The molecule has 0 aromatic heterocycles. The maximum atomic E-state index is 10.1. The minimum absolute atomic E-state index is 0.00937. The van der Waals surface area contributed by atoms with E-state index in [-0.39, 0.29) is 13.2 Å². The third kappa shape index (κ3) is 7.14. The maximum absolute atomic E-state index is 10.1. The Balaban J connectivity index is 2.71. The van der Waals surface area contributed by atoms with Crippen LogP contribution < -0.4 is 0 Å². The summed E-state index contributed by atoms with van der Waals surface area (Å²) in [7, 11) is 5.81. The molecule has 0 spiro atoms. The van der Waals surface area contributed by atoms with E-state index in [1.807, 2.05) is 0 Å². The first-order valence-corrected chi connectivity index (χ1v) is 8.40. The molecule has 0 bridgehead atoms. The van der Waals surface area contributed by atoms with Crippen LogP contribution in [0.1, 0.15) is 0 Å². The zero-order valence-electron chi connectivity index (χ0n) is 15.9. The van der Waals surface area contributed by atoms with Gasteiger partial charge in [-0.3, -0.25) is 9.98 Å². The molecular weight excluding hydrogens is 364 g/mol. The van der Waals surface area contributed by atoms with E-state index in [0.717, 1.165) is 0 Å². The van der Waals surface area contributed by atoms with Crippen molar-refractivity contribution in [3.8, 4) is 0 Å². The molecule has 1 heterocycles. The normalized spacial score (nSPS) is 32.8. The highest BCUT2D eigenvalue weighted by Crippen LogP contribution is 2.22. The van der Waals surface area contributed by atoms with Crippen LogP contribution in [0.5, 0.6) is 0 Å². The van der Waals surface area contributed by atoms with E-state index >= 15 is 0 Å². The van der Waals surface area contributed by atoms with Crippen molar-refractivity contribution in [2.24, 2.45) is 9.98 Å². The molecule has 1 rings (SSSR count). The second-order valence-corrected chi connectivity index (χ2v) is 5.89. The van der Waals surface area contributed by atoms with E-state index in [1.165, 1.54) is 40.7 Å². The quantitative estimate of drug-likeness (QED) is 0.221. The number of aliphatic hydroxyl groups is 4. The second kappa shape index (κ2) is 12.4. The Morgan fingerprint density at radius 3 is 2.26 bits per heavy atom. The summed E-state index contributed by atoms with van der Waals surface area (Å²) >= 11 is 0. The molecule has 11 nitrogen and oxygen atoms in total. The van der Waals surface area contributed by atoms with Crippen molar-refractivity contribution in [3.63, 3.8) is 0 Å². The highest BCUT2D eigenvalue weighted by atomic mass is 16.7. The summed E-state index contributed by atoms with van der Waals surface area (Å²) in [5, 5.41) is 39.8. The number of aliphatic imine (C=N–C) groups is 2. The van der Waals surface area contributed by atoms with Gasteiger partial charge in [0.2, 0.25) is 0 Å². The molecule has 1 saturated heterocycles. The Labute approximate surface area is 158 Å². The smallest absolute Gasteiger partial charge is 0.189 e. The number of methoxy groups -OCH3 is 2. The zero-order chi connectivity index (χ0) is 20.4. The van der Waals surface area contributed by atoms with E-state index in [1.54, 1.807) is 0 Å². The first-order valence-electron chi connectivity index (χ1n) is 8.40. The third-order valence-electron chi connectivity index (χ3n) is 3.86. The van der Waals surface area contributed by atoms with Gasteiger partial charge in [0.1, 0.15) is 36.6 Å². The monoisotopic (exact) mass is 394 g/mol. The van der Waals surface area contributed by atoms with E-state index in [4.69, 9.17) is 23.7 Å². The van der Waals surface area contributed by atoms with Crippen LogP contribution >= 0.6 is 0 Å². The molecule has 11 heteroatoms. The Kier molecular flexibility index (Phi) is 11.1. The van der Waals surface area contributed by atoms with Gasteiger partial charge in [0.15, 0.2) is 12.6 Å². The van der Waals surface area contributed by atoms with Gasteiger partial charge in [-0.2, -0.15) is 0 Å². The minimum atomic E-state index is -1.47. The fourth-order valence-corrected chi connectivity index (χ4v) is 2.50. The summed E-state index contributed by atoms with van der Waals surface area (Å²) in [5.74, 6) is 0. The Bertz CT molecular complexity index is 465. The van der Waals surface area contributed by atoms with Crippen LogP contribution in [0.4, 0.5) is 0 Å². The lowest BCUT2D eigenvalue weighted by Gasteiger charge is -2.40. The van der Waals surface area contributed by atoms with Gasteiger partial charge < -0.3 is 44.1 Å². The molecule has 0 aromatic carbocycles. The predicted molar refractivity (Wildman–Crippen MR) is 95.0 cm³/mol. The number of ether oxygens (including phenoxy) is 5. The number of nitrogens with zero attached hydrogens (tertiary/aromatic N) is 2. The maximum Gasteiger partial charge on any atom is 0.189 e. The minimum Gasteiger partial charge on any atom is -0.387 e. The van der Waals surface area contributed by atoms with E-state index in [9.17, 15) is 20.4 Å². The number of rotatable bonds is 11. The molecule has 0 saturated carbocycles. The lowest BCUT2D eigenvalue weighted by Crippen LogP contribution is -2.59. The van der Waals surface area contributed by atoms with Crippen molar-refractivity contribution in [2.75, 3.05) is 41.5 Å². The first kappa shape index (κ1) is 24.0. The Hall–Kier alpha value is -1.02. The lowest BCUT2D eigenvalue weighted by molar-refractivity contribution is -0.307. The van der Waals surface area contributed by atoms with Gasteiger partial charge in [-0.15, -0.1) is 0 Å². The highest BCUT2D eigenvalue weighted by molar-refractivity contribution is 5.64. The van der Waals surface area contributed by atoms with E-state index < -0.39 is 49.2 Å². The van der Waals surface area contributed by atoms with Crippen molar-refractivity contribution in [2.45, 2.75) is 49.2 Å². The van der Waals surface area contributed by atoms with Gasteiger partial charge >= 0.3 is 0 Å². The van der Waals surface area contributed by atoms with Crippen molar-refractivity contribution in [3.05, 3.63) is 0 Å². The molecule has 1 aliphatic rings. The van der Waals surface area contributed by atoms with Crippen LogP contribution in [0.3, 0.4) is 0 Å². The van der Waals surface area contributed by atoms with Crippen LogP contribution in [0.15, 0.2) is 9.98 Å². The van der Waals surface area contributed by atoms with Crippen LogP contribution in [-0.2, 0) is 23.7 Å². The summed E-state index contributed by atoms with van der Waals surface area (Å²) in [6.07, 6.45) is -6.52. The molecule has 8 unspecified atom stereocenters. The number of aliphatic hydroxyl groups excluding tert-OH is 4. The van der Waals surface area contributed by atoms with Gasteiger partial charge in [0.25, 0.3) is 0 Å². The van der Waals surface area contributed by atoms with Crippen molar-refractivity contribution >= 4 is 12.4 Å². The standard InChI is InChI=1S/C16H30N2O9/c1-17-5-9(26-15(24-4)10(19)6-18-2)7-25-16-14(22)13(21)12(20)11(27-16)8-23-3/h5-6,9-16,19-22H,7-8H2,1-4H3/b17-5+,18-6+. The van der Waals surface area contributed by atoms with Gasteiger partial charge in [0, 0.05) is 40.7 Å².